The van der Waals surface area contributed by atoms with Crippen LogP contribution in [0.3, 0.4) is 0 Å². The summed E-state index contributed by atoms with van der Waals surface area (Å²) >= 11 is 1.52. The van der Waals surface area contributed by atoms with Crippen LogP contribution in [-0.2, 0) is 9.59 Å². The highest BCUT2D eigenvalue weighted by Crippen LogP contribution is 2.09. The van der Waals surface area contributed by atoms with Crippen LogP contribution in [0.25, 0.3) is 6.08 Å². The minimum absolute atomic E-state index is 0.0509. The number of rotatable bonds is 6. The molecule has 1 heterocycles. The van der Waals surface area contributed by atoms with Gasteiger partial charge in [0.1, 0.15) is 0 Å². The van der Waals surface area contributed by atoms with E-state index in [2.05, 4.69) is 10.3 Å². The number of aliphatic carboxylic acids is 1. The fraction of sp³-hybridized carbons (Fsp3) is 0.417. The smallest absolute Gasteiger partial charge is 0.303 e. The molecular weight excluding hydrogens is 252 g/mol. The monoisotopic (exact) mass is 268 g/mol. The number of nitrogens with one attached hydrogen (secondary N) is 1. The predicted octanol–water partition coefficient (Wildman–Crippen LogP) is 1.69. The second kappa shape index (κ2) is 6.90. The van der Waals surface area contributed by atoms with Crippen LogP contribution < -0.4 is 5.32 Å². The van der Waals surface area contributed by atoms with E-state index < -0.39 is 5.97 Å². The van der Waals surface area contributed by atoms with Gasteiger partial charge in [0.2, 0.25) is 5.91 Å². The highest BCUT2D eigenvalue weighted by Gasteiger charge is 2.08. The lowest BCUT2D eigenvalue weighted by atomic mass is 10.1. The molecule has 0 saturated heterocycles. The third-order valence-electron chi connectivity index (χ3n) is 2.19. The Kier molecular flexibility index (Phi) is 5.51. The molecule has 0 radical (unpaired) electrons. The summed E-state index contributed by atoms with van der Waals surface area (Å²) in [6.45, 7) is 4.03. The van der Waals surface area contributed by atoms with Gasteiger partial charge in [0.25, 0.3) is 0 Å². The van der Waals surface area contributed by atoms with E-state index >= 15 is 0 Å². The molecular formula is C12H16N2O3S. The first kappa shape index (κ1) is 14.4. The van der Waals surface area contributed by atoms with Crippen LogP contribution >= 0.6 is 11.3 Å². The van der Waals surface area contributed by atoms with Gasteiger partial charge in [-0.2, -0.15) is 0 Å². The quantitative estimate of drug-likeness (QED) is 0.769. The zero-order valence-electron chi connectivity index (χ0n) is 10.3. The molecule has 1 aromatic heterocycles. The molecule has 0 spiro atoms. The van der Waals surface area contributed by atoms with Crippen molar-refractivity contribution in [3.05, 3.63) is 22.2 Å². The number of amides is 1. The standard InChI is InChI=1S/C12H16N2O3S/c1-8(5-12(16)17)6-13-11(15)4-3-10-7-18-9(2)14-10/h3-4,7-8H,5-6H2,1-2H3,(H,13,15)(H,16,17)/b4-3+. The zero-order chi connectivity index (χ0) is 13.5. The molecule has 98 valence electrons. The lowest BCUT2D eigenvalue weighted by molar-refractivity contribution is -0.138. The molecule has 0 bridgehead atoms. The van der Waals surface area contributed by atoms with Crippen LogP contribution in [-0.4, -0.2) is 28.5 Å². The molecule has 0 aliphatic carbocycles. The third kappa shape index (κ3) is 5.58. The SMILES string of the molecule is Cc1nc(/C=C/C(=O)NCC(C)CC(=O)O)cs1. The van der Waals surface area contributed by atoms with Gasteiger partial charge >= 0.3 is 5.97 Å². The van der Waals surface area contributed by atoms with Gasteiger partial charge in [0.15, 0.2) is 0 Å². The van der Waals surface area contributed by atoms with E-state index in [1.807, 2.05) is 12.3 Å². The summed E-state index contributed by atoms with van der Waals surface area (Å²) in [6, 6.07) is 0. The number of nitrogens with zero attached hydrogens (tertiary/aromatic N) is 1. The predicted molar refractivity (Wildman–Crippen MR) is 70.3 cm³/mol. The third-order valence-corrected chi connectivity index (χ3v) is 2.98. The summed E-state index contributed by atoms with van der Waals surface area (Å²) < 4.78 is 0. The fourth-order valence-electron chi connectivity index (χ4n) is 1.32. The van der Waals surface area contributed by atoms with Crippen LogP contribution in [0.1, 0.15) is 24.0 Å². The molecule has 5 nitrogen and oxygen atoms in total. The van der Waals surface area contributed by atoms with Crippen molar-refractivity contribution < 1.29 is 14.7 Å². The Morgan fingerprint density at radius 1 is 1.61 bits per heavy atom. The number of hydrogen-bond acceptors (Lipinski definition) is 4. The van der Waals surface area contributed by atoms with E-state index in [4.69, 9.17) is 5.11 Å². The van der Waals surface area contributed by atoms with Gasteiger partial charge in [0.05, 0.1) is 10.7 Å². The molecule has 1 unspecified atom stereocenters. The Morgan fingerprint density at radius 3 is 2.89 bits per heavy atom. The summed E-state index contributed by atoms with van der Waals surface area (Å²) in [4.78, 5) is 26.1. The van der Waals surface area contributed by atoms with Crippen molar-refractivity contribution in [3.8, 4) is 0 Å². The van der Waals surface area contributed by atoms with Crippen molar-refractivity contribution in [1.82, 2.24) is 10.3 Å². The number of carbonyl (C=O) groups excluding carboxylic acids is 1. The van der Waals surface area contributed by atoms with E-state index in [0.29, 0.717) is 6.54 Å². The molecule has 6 heteroatoms. The van der Waals surface area contributed by atoms with E-state index in [-0.39, 0.29) is 18.2 Å². The van der Waals surface area contributed by atoms with Crippen molar-refractivity contribution in [2.75, 3.05) is 6.54 Å². The van der Waals surface area contributed by atoms with Gasteiger partial charge in [0, 0.05) is 24.4 Å². The highest BCUT2D eigenvalue weighted by atomic mass is 32.1. The molecule has 1 rings (SSSR count). The Bertz CT molecular complexity index is 454. The first-order valence-corrected chi connectivity index (χ1v) is 6.45. The first-order chi connectivity index (χ1) is 8.47. The molecule has 0 saturated carbocycles. The van der Waals surface area contributed by atoms with Gasteiger partial charge in [-0.1, -0.05) is 6.92 Å². The minimum atomic E-state index is -0.856. The molecule has 0 aliphatic heterocycles. The summed E-state index contributed by atoms with van der Waals surface area (Å²) in [5.74, 6) is -1.18. The lowest BCUT2D eigenvalue weighted by Gasteiger charge is -2.08. The van der Waals surface area contributed by atoms with Crippen LogP contribution in [0.4, 0.5) is 0 Å². The number of carbonyl (C=O) groups is 2. The molecule has 18 heavy (non-hydrogen) atoms. The molecule has 0 aromatic carbocycles. The second-order valence-corrected chi connectivity index (χ2v) is 5.14. The van der Waals surface area contributed by atoms with E-state index in [0.717, 1.165) is 10.7 Å². The maximum Gasteiger partial charge on any atom is 0.303 e. The Labute approximate surface area is 110 Å². The van der Waals surface area contributed by atoms with E-state index in [1.54, 1.807) is 13.0 Å². The Balaban J connectivity index is 2.33. The van der Waals surface area contributed by atoms with Crippen LogP contribution in [0.5, 0.6) is 0 Å². The number of aryl methyl sites for hydroxylation is 1. The molecule has 1 aromatic rings. The number of carboxylic acids is 1. The second-order valence-electron chi connectivity index (χ2n) is 4.07. The largest absolute Gasteiger partial charge is 0.481 e. The van der Waals surface area contributed by atoms with E-state index in [9.17, 15) is 9.59 Å². The van der Waals surface area contributed by atoms with Crippen LogP contribution in [0, 0.1) is 12.8 Å². The zero-order valence-corrected chi connectivity index (χ0v) is 11.2. The van der Waals surface area contributed by atoms with Crippen molar-refractivity contribution in [3.63, 3.8) is 0 Å². The van der Waals surface area contributed by atoms with Gasteiger partial charge in [-0.3, -0.25) is 9.59 Å². The summed E-state index contributed by atoms with van der Waals surface area (Å²) in [7, 11) is 0. The number of aromatic nitrogens is 1. The van der Waals surface area contributed by atoms with Crippen LogP contribution in [0.2, 0.25) is 0 Å². The highest BCUT2D eigenvalue weighted by molar-refractivity contribution is 7.09. The van der Waals surface area contributed by atoms with Crippen LogP contribution in [0.15, 0.2) is 11.5 Å². The molecule has 1 atom stereocenters. The average Bonchev–Trinajstić information content (AvgIpc) is 2.69. The topological polar surface area (TPSA) is 79.3 Å². The molecule has 0 fully saturated rings. The normalized spacial score (nSPS) is 12.6. The molecule has 0 aliphatic rings. The van der Waals surface area contributed by atoms with Gasteiger partial charge in [-0.25, -0.2) is 4.98 Å². The van der Waals surface area contributed by atoms with Crippen molar-refractivity contribution >= 4 is 29.3 Å². The summed E-state index contributed by atoms with van der Waals surface area (Å²) in [5, 5.41) is 14.0. The Hall–Kier alpha value is -1.69. The number of carboxylic acid groups (broad SMARTS) is 1. The van der Waals surface area contributed by atoms with Crippen molar-refractivity contribution in [1.29, 1.82) is 0 Å². The Morgan fingerprint density at radius 2 is 2.33 bits per heavy atom. The molecule has 2 N–H and O–H groups in total. The maximum absolute atomic E-state index is 11.4. The van der Waals surface area contributed by atoms with Gasteiger partial charge in [-0.05, 0) is 18.9 Å². The molecule has 1 amide bonds. The number of thiazole rings is 1. The summed E-state index contributed by atoms with van der Waals surface area (Å²) in [5.41, 5.74) is 0.756. The van der Waals surface area contributed by atoms with Gasteiger partial charge in [-0.15, -0.1) is 11.3 Å². The van der Waals surface area contributed by atoms with E-state index in [1.165, 1.54) is 17.4 Å². The van der Waals surface area contributed by atoms with Crippen molar-refractivity contribution in [2.45, 2.75) is 20.3 Å². The van der Waals surface area contributed by atoms with Gasteiger partial charge < -0.3 is 10.4 Å². The average molecular weight is 268 g/mol. The summed E-state index contributed by atoms with van der Waals surface area (Å²) in [6.07, 6.45) is 3.10. The fourth-order valence-corrected chi connectivity index (χ4v) is 1.90. The lowest BCUT2D eigenvalue weighted by Crippen LogP contribution is -2.27. The number of hydrogen-bond donors (Lipinski definition) is 2. The van der Waals surface area contributed by atoms with Crippen molar-refractivity contribution in [2.24, 2.45) is 5.92 Å². The minimum Gasteiger partial charge on any atom is -0.481 e. The first-order valence-electron chi connectivity index (χ1n) is 5.57. The maximum atomic E-state index is 11.4.